The van der Waals surface area contributed by atoms with Crippen LogP contribution in [0, 0.1) is 0 Å². The fraction of sp³-hybridized carbons (Fsp3) is 0.125. The minimum Gasteiger partial charge on any atom is -0.298 e. The summed E-state index contributed by atoms with van der Waals surface area (Å²) < 4.78 is 12.8. The van der Waals surface area contributed by atoms with Gasteiger partial charge in [0.15, 0.2) is 6.29 Å². The van der Waals surface area contributed by atoms with Gasteiger partial charge in [-0.1, -0.05) is 33.6 Å². The zero-order valence-corrected chi connectivity index (χ0v) is 8.32. The summed E-state index contributed by atoms with van der Waals surface area (Å²) in [6.45, 7) is -0.660. The van der Waals surface area contributed by atoms with Gasteiger partial charge in [0.2, 0.25) is 0 Å². The second kappa shape index (κ2) is 4.01. The summed E-state index contributed by atoms with van der Waals surface area (Å²) in [4.78, 5) is 10.5. The number of aldehydes is 1. The SMILES string of the molecule is O=Cc1c(Br)ccc(CF)c1Cl. The largest absolute Gasteiger partial charge is 0.298 e. The predicted octanol–water partition coefficient (Wildman–Crippen LogP) is 3.38. The molecule has 0 aliphatic carbocycles. The number of hydrogen-bond acceptors (Lipinski definition) is 1. The summed E-state index contributed by atoms with van der Waals surface area (Å²) in [7, 11) is 0. The van der Waals surface area contributed by atoms with E-state index in [0.717, 1.165) is 0 Å². The van der Waals surface area contributed by atoms with Crippen LogP contribution in [-0.4, -0.2) is 6.29 Å². The highest BCUT2D eigenvalue weighted by Gasteiger charge is 2.08. The molecule has 1 aromatic carbocycles. The van der Waals surface area contributed by atoms with E-state index in [1.54, 1.807) is 12.1 Å². The Hall–Kier alpha value is -0.410. The quantitative estimate of drug-likeness (QED) is 0.737. The third kappa shape index (κ3) is 1.67. The maximum Gasteiger partial charge on any atom is 0.152 e. The average Bonchev–Trinajstić information content (AvgIpc) is 2.06. The molecule has 0 radical (unpaired) electrons. The number of rotatable bonds is 2. The van der Waals surface area contributed by atoms with E-state index in [4.69, 9.17) is 11.6 Å². The molecule has 0 aliphatic heterocycles. The lowest BCUT2D eigenvalue weighted by atomic mass is 10.1. The lowest BCUT2D eigenvalue weighted by molar-refractivity contribution is 0.112. The van der Waals surface area contributed by atoms with Crippen molar-refractivity contribution in [3.63, 3.8) is 0 Å². The molecule has 0 heterocycles. The van der Waals surface area contributed by atoms with Crippen molar-refractivity contribution in [1.82, 2.24) is 0 Å². The molecule has 0 N–H and O–H groups in total. The molecule has 0 amide bonds. The first-order chi connectivity index (χ1) is 5.70. The van der Waals surface area contributed by atoms with Crippen LogP contribution in [0.5, 0.6) is 0 Å². The molecule has 0 aromatic heterocycles. The summed E-state index contributed by atoms with van der Waals surface area (Å²) in [5.41, 5.74) is 0.633. The van der Waals surface area contributed by atoms with Crippen molar-refractivity contribution in [2.24, 2.45) is 0 Å². The molecule has 0 atom stereocenters. The molecule has 1 nitrogen and oxygen atoms in total. The van der Waals surface area contributed by atoms with Crippen LogP contribution < -0.4 is 0 Å². The highest BCUT2D eigenvalue weighted by atomic mass is 79.9. The summed E-state index contributed by atoms with van der Waals surface area (Å²) in [6.07, 6.45) is 0.603. The van der Waals surface area contributed by atoms with Gasteiger partial charge in [0.05, 0.1) is 5.02 Å². The molecule has 1 aromatic rings. The van der Waals surface area contributed by atoms with E-state index in [9.17, 15) is 9.18 Å². The highest BCUT2D eigenvalue weighted by molar-refractivity contribution is 9.10. The van der Waals surface area contributed by atoms with Crippen LogP contribution in [0.4, 0.5) is 4.39 Å². The second-order valence-corrected chi connectivity index (χ2v) is 3.42. The van der Waals surface area contributed by atoms with Gasteiger partial charge < -0.3 is 0 Å². The topological polar surface area (TPSA) is 17.1 Å². The number of hydrogen-bond donors (Lipinski definition) is 0. The standard InChI is InChI=1S/C8H5BrClFO/c9-7-2-1-5(3-11)8(10)6(7)4-12/h1-2,4H,3H2. The highest BCUT2D eigenvalue weighted by Crippen LogP contribution is 2.27. The Balaban J connectivity index is 3.33. The van der Waals surface area contributed by atoms with E-state index in [1.165, 1.54) is 0 Å². The van der Waals surface area contributed by atoms with Crippen molar-refractivity contribution in [3.05, 3.63) is 32.8 Å². The van der Waals surface area contributed by atoms with Gasteiger partial charge in [-0.05, 0) is 6.07 Å². The van der Waals surface area contributed by atoms with Gasteiger partial charge in [-0.3, -0.25) is 4.79 Å². The Bertz CT molecular complexity index is 314. The second-order valence-electron chi connectivity index (χ2n) is 2.19. The van der Waals surface area contributed by atoms with Crippen LogP contribution in [0.25, 0.3) is 0 Å². The number of halogens is 3. The average molecular weight is 251 g/mol. The summed E-state index contributed by atoms with van der Waals surface area (Å²) in [6, 6.07) is 3.14. The Kier molecular flexibility index (Phi) is 3.23. The third-order valence-electron chi connectivity index (χ3n) is 1.47. The minimum atomic E-state index is -0.660. The Morgan fingerprint density at radius 1 is 1.58 bits per heavy atom. The molecule has 64 valence electrons. The van der Waals surface area contributed by atoms with Gasteiger partial charge in [0.25, 0.3) is 0 Å². The molecule has 0 fully saturated rings. The smallest absolute Gasteiger partial charge is 0.152 e. The lowest BCUT2D eigenvalue weighted by Gasteiger charge is -2.03. The fourth-order valence-corrected chi connectivity index (χ4v) is 1.62. The summed E-state index contributed by atoms with van der Waals surface area (Å²) >= 11 is 8.85. The van der Waals surface area contributed by atoms with Gasteiger partial charge in [-0.25, -0.2) is 4.39 Å². The predicted molar refractivity (Wildman–Crippen MR) is 49.4 cm³/mol. The molecule has 0 spiro atoms. The van der Waals surface area contributed by atoms with Crippen molar-refractivity contribution in [2.75, 3.05) is 0 Å². The van der Waals surface area contributed by atoms with Gasteiger partial charge in [0.1, 0.15) is 6.67 Å². The van der Waals surface area contributed by atoms with E-state index in [-0.39, 0.29) is 5.02 Å². The van der Waals surface area contributed by atoms with Crippen molar-refractivity contribution >= 4 is 33.8 Å². The maximum atomic E-state index is 12.2. The van der Waals surface area contributed by atoms with Crippen LogP contribution in [0.2, 0.25) is 5.02 Å². The maximum absolute atomic E-state index is 12.2. The fourth-order valence-electron chi connectivity index (χ4n) is 0.826. The number of alkyl halides is 1. The normalized spacial score (nSPS) is 9.92. The molecule has 0 saturated carbocycles. The molecule has 0 aliphatic rings. The molecule has 0 saturated heterocycles. The monoisotopic (exact) mass is 250 g/mol. The van der Waals surface area contributed by atoms with E-state index in [0.29, 0.717) is 21.9 Å². The molecule has 4 heteroatoms. The van der Waals surface area contributed by atoms with Gasteiger partial charge in [-0.2, -0.15) is 0 Å². The minimum absolute atomic E-state index is 0.182. The first-order valence-corrected chi connectivity index (χ1v) is 4.35. The molecule has 12 heavy (non-hydrogen) atoms. The van der Waals surface area contributed by atoms with Crippen molar-refractivity contribution in [2.45, 2.75) is 6.67 Å². The number of carbonyl (C=O) groups excluding carboxylic acids is 1. The molecule has 0 bridgehead atoms. The number of benzene rings is 1. The van der Waals surface area contributed by atoms with E-state index in [1.807, 2.05) is 0 Å². The van der Waals surface area contributed by atoms with Crippen LogP contribution in [0.15, 0.2) is 16.6 Å². The Morgan fingerprint density at radius 2 is 2.25 bits per heavy atom. The lowest BCUT2D eigenvalue weighted by Crippen LogP contribution is -1.89. The number of carbonyl (C=O) groups is 1. The zero-order chi connectivity index (χ0) is 9.14. The van der Waals surface area contributed by atoms with Crippen LogP contribution in [0.3, 0.4) is 0 Å². The summed E-state index contributed by atoms with van der Waals surface area (Å²) in [5, 5.41) is 0.182. The molecule has 0 unspecified atom stereocenters. The van der Waals surface area contributed by atoms with Crippen molar-refractivity contribution in [1.29, 1.82) is 0 Å². The van der Waals surface area contributed by atoms with Crippen LogP contribution in [0.1, 0.15) is 15.9 Å². The van der Waals surface area contributed by atoms with Crippen molar-refractivity contribution < 1.29 is 9.18 Å². The van der Waals surface area contributed by atoms with Crippen molar-refractivity contribution in [3.8, 4) is 0 Å². The van der Waals surface area contributed by atoms with Gasteiger partial charge in [-0.15, -0.1) is 0 Å². The molecular weight excluding hydrogens is 246 g/mol. The molecular formula is C8H5BrClFO. The van der Waals surface area contributed by atoms with Crippen LogP contribution in [-0.2, 0) is 6.67 Å². The van der Waals surface area contributed by atoms with E-state index >= 15 is 0 Å². The first-order valence-electron chi connectivity index (χ1n) is 3.18. The zero-order valence-electron chi connectivity index (χ0n) is 5.98. The first kappa shape index (κ1) is 9.68. The summed E-state index contributed by atoms with van der Waals surface area (Å²) in [5.74, 6) is 0. The molecule has 1 rings (SSSR count). The van der Waals surface area contributed by atoms with E-state index in [2.05, 4.69) is 15.9 Å². The Labute approximate surface area is 82.7 Å². The third-order valence-corrected chi connectivity index (χ3v) is 2.61. The van der Waals surface area contributed by atoms with Gasteiger partial charge in [0, 0.05) is 15.6 Å². The Morgan fingerprint density at radius 3 is 2.75 bits per heavy atom. The van der Waals surface area contributed by atoms with E-state index < -0.39 is 6.67 Å². The van der Waals surface area contributed by atoms with Gasteiger partial charge >= 0.3 is 0 Å². The van der Waals surface area contributed by atoms with Crippen LogP contribution >= 0.6 is 27.5 Å².